The summed E-state index contributed by atoms with van der Waals surface area (Å²) in [5.74, 6) is -0.315. The van der Waals surface area contributed by atoms with Crippen LogP contribution in [-0.2, 0) is 11.3 Å². The molecule has 3 aromatic carbocycles. The molecule has 0 fully saturated rings. The highest BCUT2D eigenvalue weighted by molar-refractivity contribution is 6.30. The highest BCUT2D eigenvalue weighted by Gasteiger charge is 2.14. The van der Waals surface area contributed by atoms with Crippen molar-refractivity contribution in [3.05, 3.63) is 94.6 Å². The fourth-order valence-electron chi connectivity index (χ4n) is 3.51. The molecule has 0 spiro atoms. The zero-order chi connectivity index (χ0) is 21.4. The Bertz CT molecular complexity index is 1480. The molecule has 31 heavy (non-hydrogen) atoms. The first kappa shape index (κ1) is 19.0. The van der Waals surface area contributed by atoms with Crippen molar-refractivity contribution in [2.45, 2.75) is 6.54 Å². The summed E-state index contributed by atoms with van der Waals surface area (Å²) in [7, 11) is 0. The molecule has 2 aromatic heterocycles. The minimum atomic E-state index is -0.335. The molecule has 0 aliphatic rings. The molecule has 0 atom stereocenters. The fraction of sp³-hybridized carbons (Fsp3) is 0.0435. The van der Waals surface area contributed by atoms with E-state index in [-0.39, 0.29) is 18.0 Å². The van der Waals surface area contributed by atoms with Crippen LogP contribution in [0.1, 0.15) is 0 Å². The Balaban J connectivity index is 1.43. The van der Waals surface area contributed by atoms with Gasteiger partial charge in [-0.1, -0.05) is 48.0 Å². The first-order valence-electron chi connectivity index (χ1n) is 9.57. The maximum Gasteiger partial charge on any atom is 0.264 e. The average molecular weight is 430 g/mol. The molecular weight excluding hydrogens is 414 g/mol. The summed E-state index contributed by atoms with van der Waals surface area (Å²) >= 11 is 5.94. The predicted molar refractivity (Wildman–Crippen MR) is 121 cm³/mol. The number of halogens is 1. The molecule has 2 heterocycles. The Kier molecular flexibility index (Phi) is 4.72. The summed E-state index contributed by atoms with van der Waals surface area (Å²) in [4.78, 5) is 29.9. The zero-order valence-corrected chi connectivity index (χ0v) is 17.0. The van der Waals surface area contributed by atoms with Crippen LogP contribution in [0.2, 0.25) is 5.02 Å². The third kappa shape index (κ3) is 3.55. The molecule has 0 radical (unpaired) electrons. The van der Waals surface area contributed by atoms with E-state index in [1.54, 1.807) is 28.9 Å². The van der Waals surface area contributed by atoms with E-state index in [1.807, 2.05) is 42.5 Å². The smallest absolute Gasteiger partial charge is 0.264 e. The quantitative estimate of drug-likeness (QED) is 0.467. The lowest BCUT2D eigenvalue weighted by Crippen LogP contribution is -2.27. The minimum absolute atomic E-state index is 0.156. The van der Waals surface area contributed by atoms with Gasteiger partial charge in [0.25, 0.3) is 5.56 Å². The van der Waals surface area contributed by atoms with Crippen LogP contribution in [0.5, 0.6) is 0 Å². The second kappa shape index (κ2) is 7.70. The van der Waals surface area contributed by atoms with E-state index in [0.29, 0.717) is 21.7 Å². The second-order valence-electron chi connectivity index (χ2n) is 7.02. The summed E-state index contributed by atoms with van der Waals surface area (Å²) in [5, 5.41) is 10.1. The molecule has 152 valence electrons. The van der Waals surface area contributed by atoms with Crippen LogP contribution < -0.4 is 10.9 Å². The fourth-order valence-corrected chi connectivity index (χ4v) is 3.64. The van der Waals surface area contributed by atoms with Crippen molar-refractivity contribution >= 4 is 45.0 Å². The maximum atomic E-state index is 12.9. The van der Waals surface area contributed by atoms with E-state index in [4.69, 9.17) is 11.6 Å². The van der Waals surface area contributed by atoms with Crippen molar-refractivity contribution in [2.75, 3.05) is 5.32 Å². The predicted octanol–water partition coefficient (Wildman–Crippen LogP) is 4.03. The van der Waals surface area contributed by atoms with Crippen molar-refractivity contribution in [1.82, 2.24) is 19.3 Å². The zero-order valence-electron chi connectivity index (χ0n) is 16.2. The van der Waals surface area contributed by atoms with E-state index in [0.717, 1.165) is 16.5 Å². The van der Waals surface area contributed by atoms with E-state index in [1.165, 1.54) is 17.1 Å². The SMILES string of the molecule is O=C(Cn1cnc2c(cnn2-c2ccc(Cl)cc2)c1=O)Nc1cccc2ccccc12. The van der Waals surface area contributed by atoms with Crippen molar-refractivity contribution in [2.24, 2.45) is 0 Å². The lowest BCUT2D eigenvalue weighted by atomic mass is 10.1. The van der Waals surface area contributed by atoms with Gasteiger partial charge >= 0.3 is 0 Å². The van der Waals surface area contributed by atoms with Gasteiger partial charge in [0.15, 0.2) is 5.65 Å². The van der Waals surface area contributed by atoms with Gasteiger partial charge in [0, 0.05) is 16.1 Å². The number of nitrogens with one attached hydrogen (secondary N) is 1. The first-order valence-corrected chi connectivity index (χ1v) is 9.95. The Hall–Kier alpha value is -3.97. The number of carbonyl (C=O) groups is 1. The van der Waals surface area contributed by atoms with Gasteiger partial charge in [-0.15, -0.1) is 0 Å². The molecule has 5 rings (SSSR count). The Morgan fingerprint density at radius 3 is 2.58 bits per heavy atom. The van der Waals surface area contributed by atoms with Gasteiger partial charge in [0.2, 0.25) is 5.91 Å². The van der Waals surface area contributed by atoms with Gasteiger partial charge in [-0.05, 0) is 35.7 Å². The Labute approximate surface area is 181 Å². The molecule has 8 heteroatoms. The van der Waals surface area contributed by atoms with Crippen LogP contribution in [0.25, 0.3) is 27.5 Å². The monoisotopic (exact) mass is 429 g/mol. The van der Waals surface area contributed by atoms with Crippen molar-refractivity contribution < 1.29 is 4.79 Å². The number of hydrogen-bond acceptors (Lipinski definition) is 4. The topological polar surface area (TPSA) is 81.8 Å². The number of benzene rings is 3. The Morgan fingerprint density at radius 1 is 0.968 bits per heavy atom. The summed E-state index contributed by atoms with van der Waals surface area (Å²) in [6.45, 7) is -0.156. The standard InChI is InChI=1S/C23H16ClN5O2/c24-16-8-10-17(11-9-16)29-22-19(12-26-29)23(31)28(14-25-22)13-21(30)27-20-7-3-5-15-4-1-2-6-18(15)20/h1-12,14H,13H2,(H,27,30). The van der Waals surface area contributed by atoms with Crippen molar-refractivity contribution in [3.63, 3.8) is 0 Å². The van der Waals surface area contributed by atoms with Crippen LogP contribution in [0.3, 0.4) is 0 Å². The van der Waals surface area contributed by atoms with Crippen LogP contribution in [0.15, 0.2) is 84.0 Å². The largest absolute Gasteiger partial charge is 0.324 e. The summed E-state index contributed by atoms with van der Waals surface area (Å²) in [6, 6.07) is 20.5. The molecule has 0 saturated heterocycles. The highest BCUT2D eigenvalue weighted by atomic mass is 35.5. The number of hydrogen-bond donors (Lipinski definition) is 1. The van der Waals surface area contributed by atoms with Crippen molar-refractivity contribution in [3.8, 4) is 5.69 Å². The molecular formula is C23H16ClN5O2. The van der Waals surface area contributed by atoms with Crippen LogP contribution in [-0.4, -0.2) is 25.2 Å². The van der Waals surface area contributed by atoms with E-state index < -0.39 is 0 Å². The Morgan fingerprint density at radius 2 is 1.74 bits per heavy atom. The number of amides is 1. The second-order valence-corrected chi connectivity index (χ2v) is 7.46. The molecule has 0 aliphatic carbocycles. The van der Waals surface area contributed by atoms with Gasteiger partial charge in [-0.3, -0.25) is 14.2 Å². The molecule has 0 saturated carbocycles. The van der Waals surface area contributed by atoms with Gasteiger partial charge in [-0.25, -0.2) is 9.67 Å². The summed E-state index contributed by atoms with van der Waals surface area (Å²) in [5.41, 5.74) is 1.51. The van der Waals surface area contributed by atoms with Crippen LogP contribution in [0.4, 0.5) is 5.69 Å². The van der Waals surface area contributed by atoms with Crippen molar-refractivity contribution in [1.29, 1.82) is 0 Å². The van der Waals surface area contributed by atoms with Gasteiger partial charge in [0.05, 0.1) is 11.9 Å². The van der Waals surface area contributed by atoms with E-state index in [2.05, 4.69) is 15.4 Å². The van der Waals surface area contributed by atoms with Crippen LogP contribution in [0, 0.1) is 0 Å². The van der Waals surface area contributed by atoms with E-state index >= 15 is 0 Å². The summed E-state index contributed by atoms with van der Waals surface area (Å²) < 4.78 is 2.84. The van der Waals surface area contributed by atoms with E-state index in [9.17, 15) is 9.59 Å². The van der Waals surface area contributed by atoms with Gasteiger partial charge < -0.3 is 5.32 Å². The molecule has 7 nitrogen and oxygen atoms in total. The number of fused-ring (bicyclic) bond motifs is 2. The van der Waals surface area contributed by atoms with Gasteiger partial charge in [0.1, 0.15) is 18.3 Å². The third-order valence-corrected chi connectivity index (χ3v) is 5.26. The van der Waals surface area contributed by atoms with Gasteiger partial charge in [-0.2, -0.15) is 5.10 Å². The average Bonchev–Trinajstić information content (AvgIpc) is 3.21. The molecule has 5 aromatic rings. The molecule has 1 N–H and O–H groups in total. The van der Waals surface area contributed by atoms with Crippen LogP contribution >= 0.6 is 11.6 Å². The number of nitrogens with zero attached hydrogens (tertiary/aromatic N) is 4. The minimum Gasteiger partial charge on any atom is -0.324 e. The highest BCUT2D eigenvalue weighted by Crippen LogP contribution is 2.23. The maximum absolute atomic E-state index is 12.9. The molecule has 0 aliphatic heterocycles. The number of rotatable bonds is 4. The first-order chi connectivity index (χ1) is 15.1. The lowest BCUT2D eigenvalue weighted by molar-refractivity contribution is -0.116. The number of carbonyl (C=O) groups excluding carboxylic acids is 1. The lowest BCUT2D eigenvalue weighted by Gasteiger charge is -2.10. The normalized spacial score (nSPS) is 11.1. The summed E-state index contributed by atoms with van der Waals surface area (Å²) in [6.07, 6.45) is 2.82. The number of anilines is 1. The molecule has 1 amide bonds. The number of aromatic nitrogens is 4. The molecule has 0 unspecified atom stereocenters. The molecule has 0 bridgehead atoms. The third-order valence-electron chi connectivity index (χ3n) is 5.00.